The Morgan fingerprint density at radius 3 is 2.67 bits per heavy atom. The molecule has 0 spiro atoms. The van der Waals surface area contributed by atoms with Gasteiger partial charge >= 0.3 is 0 Å². The zero-order valence-corrected chi connectivity index (χ0v) is 11.6. The number of hydrogen-bond donors (Lipinski definition) is 1. The monoisotopic (exact) mass is 290 g/mol. The van der Waals surface area contributed by atoms with E-state index in [1.807, 2.05) is 6.07 Å². The topological polar surface area (TPSA) is 24.9 Å². The summed E-state index contributed by atoms with van der Waals surface area (Å²) >= 11 is 9.36. The lowest BCUT2D eigenvalue weighted by atomic mass is 9.98. The van der Waals surface area contributed by atoms with Gasteiger partial charge in [0.05, 0.1) is 5.02 Å². The molecule has 1 unspecified atom stereocenters. The van der Waals surface area contributed by atoms with Crippen molar-refractivity contribution in [3.63, 3.8) is 0 Å². The maximum absolute atomic E-state index is 6.04. The number of aromatic nitrogens is 1. The molecule has 0 saturated carbocycles. The smallest absolute Gasteiger partial charge is 0.144 e. The van der Waals surface area contributed by atoms with Crippen molar-refractivity contribution in [3.8, 4) is 0 Å². The molecule has 15 heavy (non-hydrogen) atoms. The maximum atomic E-state index is 6.04. The van der Waals surface area contributed by atoms with Crippen LogP contribution in [0.3, 0.4) is 0 Å². The van der Waals surface area contributed by atoms with Crippen LogP contribution in [0.25, 0.3) is 0 Å². The molecule has 0 aromatic carbocycles. The quantitative estimate of drug-likeness (QED) is 0.899. The van der Waals surface area contributed by atoms with Crippen molar-refractivity contribution in [1.29, 1.82) is 0 Å². The molecule has 0 amide bonds. The molecule has 2 nitrogen and oxygen atoms in total. The van der Waals surface area contributed by atoms with E-state index in [4.69, 9.17) is 11.6 Å². The normalized spacial score (nSPS) is 12.9. The van der Waals surface area contributed by atoms with Gasteiger partial charge in [-0.05, 0) is 33.8 Å². The number of pyridine rings is 1. The van der Waals surface area contributed by atoms with Gasteiger partial charge in [0, 0.05) is 17.2 Å². The lowest BCUT2D eigenvalue weighted by molar-refractivity contribution is 0.439. The zero-order valence-electron chi connectivity index (χ0n) is 9.22. The van der Waals surface area contributed by atoms with E-state index < -0.39 is 0 Å². The third-order valence-corrected chi connectivity index (χ3v) is 3.26. The van der Waals surface area contributed by atoms with Crippen LogP contribution in [0.2, 0.25) is 5.02 Å². The summed E-state index contributed by atoms with van der Waals surface area (Å²) < 4.78 is 0.898. The molecule has 1 atom stereocenters. The average molecular weight is 292 g/mol. The average Bonchev–Trinajstić information content (AvgIpc) is 2.15. The summed E-state index contributed by atoms with van der Waals surface area (Å²) in [5.74, 6) is 2.02. The van der Waals surface area contributed by atoms with E-state index >= 15 is 0 Å². The second-order valence-electron chi connectivity index (χ2n) is 4.09. The van der Waals surface area contributed by atoms with Crippen LogP contribution in [0, 0.1) is 11.8 Å². The molecule has 1 heterocycles. The SMILES string of the molecule is CC(C)C(C)CNc1ncc(Br)cc1Cl. The molecule has 1 rings (SSSR count). The fraction of sp³-hybridized carbons (Fsp3) is 0.545. The van der Waals surface area contributed by atoms with Crippen molar-refractivity contribution in [2.75, 3.05) is 11.9 Å². The minimum atomic E-state index is 0.603. The Bertz CT molecular complexity index is 328. The van der Waals surface area contributed by atoms with Crippen molar-refractivity contribution < 1.29 is 0 Å². The van der Waals surface area contributed by atoms with Crippen molar-refractivity contribution in [2.24, 2.45) is 11.8 Å². The van der Waals surface area contributed by atoms with Crippen LogP contribution in [0.4, 0.5) is 5.82 Å². The summed E-state index contributed by atoms with van der Waals surface area (Å²) in [7, 11) is 0. The third kappa shape index (κ3) is 3.99. The molecule has 4 heteroatoms. The predicted octanol–water partition coefficient (Wildman–Crippen LogP) is 4.20. The molecule has 0 radical (unpaired) electrons. The van der Waals surface area contributed by atoms with Crippen LogP contribution in [0.15, 0.2) is 16.7 Å². The Labute approximate surface area is 105 Å². The number of nitrogens with one attached hydrogen (secondary N) is 1. The molecular weight excluding hydrogens is 275 g/mol. The van der Waals surface area contributed by atoms with E-state index in [1.54, 1.807) is 6.20 Å². The lowest BCUT2D eigenvalue weighted by Crippen LogP contribution is -2.16. The fourth-order valence-corrected chi connectivity index (χ4v) is 1.73. The van der Waals surface area contributed by atoms with Gasteiger partial charge in [-0.15, -0.1) is 0 Å². The molecule has 0 bridgehead atoms. The molecule has 1 aromatic heterocycles. The van der Waals surface area contributed by atoms with Gasteiger partial charge in [-0.25, -0.2) is 4.98 Å². The molecule has 1 N–H and O–H groups in total. The minimum Gasteiger partial charge on any atom is -0.369 e. The van der Waals surface area contributed by atoms with E-state index in [0.717, 1.165) is 16.8 Å². The van der Waals surface area contributed by atoms with E-state index in [2.05, 4.69) is 47.0 Å². The largest absolute Gasteiger partial charge is 0.369 e. The third-order valence-electron chi connectivity index (χ3n) is 2.54. The van der Waals surface area contributed by atoms with Gasteiger partial charge in [0.2, 0.25) is 0 Å². The molecule has 0 aliphatic rings. The first-order valence-electron chi connectivity index (χ1n) is 5.05. The minimum absolute atomic E-state index is 0.603. The van der Waals surface area contributed by atoms with Gasteiger partial charge in [0.15, 0.2) is 0 Å². The van der Waals surface area contributed by atoms with Crippen molar-refractivity contribution >= 4 is 33.3 Å². The van der Waals surface area contributed by atoms with E-state index in [9.17, 15) is 0 Å². The molecule has 0 saturated heterocycles. The van der Waals surface area contributed by atoms with Gasteiger partial charge in [0.25, 0.3) is 0 Å². The number of anilines is 1. The van der Waals surface area contributed by atoms with E-state index in [-0.39, 0.29) is 0 Å². The zero-order chi connectivity index (χ0) is 11.4. The Kier molecular flexibility index (Phi) is 4.87. The summed E-state index contributed by atoms with van der Waals surface area (Å²) in [5.41, 5.74) is 0. The highest BCUT2D eigenvalue weighted by Crippen LogP contribution is 2.23. The van der Waals surface area contributed by atoms with Crippen LogP contribution < -0.4 is 5.32 Å². The Hall–Kier alpha value is -0.280. The second-order valence-corrected chi connectivity index (χ2v) is 5.41. The van der Waals surface area contributed by atoms with Gasteiger partial charge in [0.1, 0.15) is 5.82 Å². The number of nitrogens with zero attached hydrogens (tertiary/aromatic N) is 1. The van der Waals surface area contributed by atoms with Crippen LogP contribution in [0.1, 0.15) is 20.8 Å². The number of halogens is 2. The summed E-state index contributed by atoms with van der Waals surface area (Å²) in [5, 5.41) is 3.91. The van der Waals surface area contributed by atoms with Gasteiger partial charge in [-0.3, -0.25) is 0 Å². The fourth-order valence-electron chi connectivity index (χ4n) is 1.04. The lowest BCUT2D eigenvalue weighted by Gasteiger charge is -2.16. The highest BCUT2D eigenvalue weighted by Gasteiger charge is 2.08. The van der Waals surface area contributed by atoms with E-state index in [1.165, 1.54) is 0 Å². The van der Waals surface area contributed by atoms with Gasteiger partial charge < -0.3 is 5.32 Å². The maximum Gasteiger partial charge on any atom is 0.144 e. The predicted molar refractivity (Wildman–Crippen MR) is 69.4 cm³/mol. The van der Waals surface area contributed by atoms with Crippen molar-refractivity contribution in [1.82, 2.24) is 4.98 Å². The molecule has 0 aliphatic heterocycles. The summed E-state index contributed by atoms with van der Waals surface area (Å²) in [6, 6.07) is 1.84. The number of rotatable bonds is 4. The Balaban J connectivity index is 2.58. The van der Waals surface area contributed by atoms with Gasteiger partial charge in [-0.2, -0.15) is 0 Å². The highest BCUT2D eigenvalue weighted by atomic mass is 79.9. The van der Waals surface area contributed by atoms with Crippen LogP contribution in [0.5, 0.6) is 0 Å². The first kappa shape index (κ1) is 12.8. The summed E-state index contributed by atoms with van der Waals surface area (Å²) in [6.45, 7) is 7.53. The van der Waals surface area contributed by atoms with Crippen LogP contribution >= 0.6 is 27.5 Å². The second kappa shape index (κ2) is 5.71. The Morgan fingerprint density at radius 1 is 1.47 bits per heavy atom. The standard InChI is InChI=1S/C11H16BrClN2/c1-7(2)8(3)5-14-11-10(13)4-9(12)6-15-11/h4,6-8H,5H2,1-3H3,(H,14,15). The Morgan fingerprint density at radius 2 is 2.13 bits per heavy atom. The summed E-state index contributed by atoms with van der Waals surface area (Å²) in [6.07, 6.45) is 1.74. The molecule has 0 fully saturated rings. The van der Waals surface area contributed by atoms with Crippen molar-refractivity contribution in [2.45, 2.75) is 20.8 Å². The first-order valence-corrected chi connectivity index (χ1v) is 6.22. The molecule has 0 aliphatic carbocycles. The van der Waals surface area contributed by atoms with Crippen LogP contribution in [-0.4, -0.2) is 11.5 Å². The van der Waals surface area contributed by atoms with Crippen LogP contribution in [-0.2, 0) is 0 Å². The molecule has 84 valence electrons. The van der Waals surface area contributed by atoms with Crippen molar-refractivity contribution in [3.05, 3.63) is 21.8 Å². The highest BCUT2D eigenvalue weighted by molar-refractivity contribution is 9.10. The number of hydrogen-bond acceptors (Lipinski definition) is 2. The van der Waals surface area contributed by atoms with E-state index in [0.29, 0.717) is 16.9 Å². The first-order chi connectivity index (χ1) is 7.00. The molecular formula is C11H16BrClN2. The molecule has 1 aromatic rings. The summed E-state index contributed by atoms with van der Waals surface area (Å²) in [4.78, 5) is 4.22. The van der Waals surface area contributed by atoms with Gasteiger partial charge in [-0.1, -0.05) is 32.4 Å².